The molecule has 1 aliphatic carbocycles. The zero-order valence-electron chi connectivity index (χ0n) is 15.1. The predicted octanol–water partition coefficient (Wildman–Crippen LogP) is 2.33. The number of hydrogen-bond acceptors (Lipinski definition) is 3. The van der Waals surface area contributed by atoms with Crippen molar-refractivity contribution in [1.82, 2.24) is 10.6 Å². The molecule has 1 saturated carbocycles. The van der Waals surface area contributed by atoms with Gasteiger partial charge < -0.3 is 10.6 Å². The minimum absolute atomic E-state index is 0.177. The summed E-state index contributed by atoms with van der Waals surface area (Å²) in [5.74, 6) is 1.64. The lowest BCUT2D eigenvalue weighted by Gasteiger charge is -2.35. The van der Waals surface area contributed by atoms with Crippen molar-refractivity contribution in [2.75, 3.05) is 18.1 Å². The molecule has 0 bridgehead atoms. The molecular formula is C17H33N3O2S. The third-order valence-electron chi connectivity index (χ3n) is 4.94. The first-order chi connectivity index (χ1) is 10.7. The van der Waals surface area contributed by atoms with Crippen LogP contribution < -0.4 is 10.6 Å². The molecule has 2 aliphatic rings. The lowest BCUT2D eigenvalue weighted by atomic mass is 9.75. The molecule has 0 spiro atoms. The average molecular weight is 344 g/mol. The van der Waals surface area contributed by atoms with Crippen LogP contribution in [0.25, 0.3) is 0 Å². The summed E-state index contributed by atoms with van der Waals surface area (Å²) < 4.78 is 23.1. The van der Waals surface area contributed by atoms with Crippen LogP contribution in [-0.2, 0) is 9.84 Å². The fourth-order valence-corrected chi connectivity index (χ4v) is 5.23. The summed E-state index contributed by atoms with van der Waals surface area (Å²) in [5.41, 5.74) is 0.458. The summed E-state index contributed by atoms with van der Waals surface area (Å²) in [6.45, 7) is 9.47. The van der Waals surface area contributed by atoms with Crippen LogP contribution in [0.4, 0.5) is 0 Å². The second-order valence-corrected chi connectivity index (χ2v) is 10.6. The van der Waals surface area contributed by atoms with Gasteiger partial charge in [-0.1, -0.05) is 13.8 Å². The van der Waals surface area contributed by atoms with Gasteiger partial charge in [0.05, 0.1) is 11.5 Å². The summed E-state index contributed by atoms with van der Waals surface area (Å²) in [7, 11) is -2.82. The quantitative estimate of drug-likeness (QED) is 0.607. The molecule has 0 aromatic carbocycles. The minimum atomic E-state index is -2.82. The van der Waals surface area contributed by atoms with Crippen LogP contribution in [0.15, 0.2) is 4.99 Å². The van der Waals surface area contributed by atoms with E-state index in [1.807, 2.05) is 0 Å². The summed E-state index contributed by atoms with van der Waals surface area (Å²) in [6.07, 6.45) is 5.56. The standard InChI is InChI=1S/C17H33N3O2S/c1-13(2)19-16(18-11-14-7-10-23(21,22)12-14)20-15-5-8-17(3,4)9-6-15/h13-15H,5-12H2,1-4H3,(H2,18,19,20). The molecular weight excluding hydrogens is 310 g/mol. The highest BCUT2D eigenvalue weighted by atomic mass is 32.2. The molecule has 2 fully saturated rings. The molecule has 1 heterocycles. The van der Waals surface area contributed by atoms with Crippen molar-refractivity contribution in [1.29, 1.82) is 0 Å². The van der Waals surface area contributed by atoms with E-state index >= 15 is 0 Å². The van der Waals surface area contributed by atoms with Crippen molar-refractivity contribution in [2.24, 2.45) is 16.3 Å². The molecule has 0 amide bonds. The number of nitrogens with one attached hydrogen (secondary N) is 2. The molecule has 1 aliphatic heterocycles. The first kappa shape index (κ1) is 18.6. The number of guanidine groups is 1. The molecule has 1 saturated heterocycles. The summed E-state index contributed by atoms with van der Waals surface area (Å²) in [5, 5.41) is 6.94. The van der Waals surface area contributed by atoms with Crippen LogP contribution in [0.1, 0.15) is 59.8 Å². The number of aliphatic imine (C=N–C) groups is 1. The largest absolute Gasteiger partial charge is 0.354 e. The van der Waals surface area contributed by atoms with Gasteiger partial charge in [-0.15, -0.1) is 0 Å². The molecule has 1 unspecified atom stereocenters. The topological polar surface area (TPSA) is 70.6 Å². The highest BCUT2D eigenvalue weighted by Crippen LogP contribution is 2.34. The maximum absolute atomic E-state index is 11.6. The van der Waals surface area contributed by atoms with Gasteiger partial charge in [0.1, 0.15) is 0 Å². The molecule has 134 valence electrons. The molecule has 5 nitrogen and oxygen atoms in total. The van der Waals surface area contributed by atoms with E-state index in [0.29, 0.717) is 35.5 Å². The van der Waals surface area contributed by atoms with Gasteiger partial charge in [-0.2, -0.15) is 0 Å². The average Bonchev–Trinajstić information content (AvgIpc) is 2.77. The maximum atomic E-state index is 11.6. The van der Waals surface area contributed by atoms with Gasteiger partial charge in [-0.05, 0) is 57.3 Å². The van der Waals surface area contributed by atoms with Gasteiger partial charge in [0, 0.05) is 18.6 Å². The van der Waals surface area contributed by atoms with Crippen molar-refractivity contribution >= 4 is 15.8 Å². The first-order valence-electron chi connectivity index (χ1n) is 8.93. The van der Waals surface area contributed by atoms with Crippen molar-refractivity contribution in [3.63, 3.8) is 0 Å². The Balaban J connectivity index is 1.90. The lowest BCUT2D eigenvalue weighted by molar-refractivity contribution is 0.216. The third-order valence-corrected chi connectivity index (χ3v) is 6.78. The van der Waals surface area contributed by atoms with Gasteiger partial charge in [0.2, 0.25) is 0 Å². The fraction of sp³-hybridized carbons (Fsp3) is 0.941. The lowest BCUT2D eigenvalue weighted by Crippen LogP contribution is -2.47. The second-order valence-electron chi connectivity index (χ2n) is 8.34. The van der Waals surface area contributed by atoms with Gasteiger partial charge in [-0.3, -0.25) is 4.99 Å². The predicted molar refractivity (Wildman–Crippen MR) is 96.5 cm³/mol. The van der Waals surface area contributed by atoms with Crippen LogP contribution in [0.3, 0.4) is 0 Å². The molecule has 0 radical (unpaired) electrons. The number of nitrogens with zero attached hydrogens (tertiary/aromatic N) is 1. The molecule has 0 aromatic rings. The normalized spacial score (nSPS) is 28.0. The monoisotopic (exact) mass is 343 g/mol. The van der Waals surface area contributed by atoms with Crippen molar-refractivity contribution in [3.8, 4) is 0 Å². The summed E-state index contributed by atoms with van der Waals surface area (Å²) in [6, 6.07) is 0.786. The van der Waals surface area contributed by atoms with E-state index < -0.39 is 9.84 Å². The van der Waals surface area contributed by atoms with E-state index in [9.17, 15) is 8.42 Å². The SMILES string of the molecule is CC(C)NC(=NCC1CCS(=O)(=O)C1)NC1CCC(C)(C)CC1. The van der Waals surface area contributed by atoms with E-state index in [1.54, 1.807) is 0 Å². The Kier molecular flexibility index (Phi) is 5.98. The van der Waals surface area contributed by atoms with Crippen LogP contribution in [-0.4, -0.2) is 44.5 Å². The first-order valence-corrected chi connectivity index (χ1v) is 10.8. The van der Waals surface area contributed by atoms with Gasteiger partial charge in [0.15, 0.2) is 15.8 Å². The van der Waals surface area contributed by atoms with Crippen molar-refractivity contribution < 1.29 is 8.42 Å². The Labute approximate surface area is 141 Å². The van der Waals surface area contributed by atoms with Crippen LogP contribution in [0, 0.1) is 11.3 Å². The number of hydrogen-bond donors (Lipinski definition) is 2. The molecule has 6 heteroatoms. The zero-order valence-corrected chi connectivity index (χ0v) is 15.9. The van der Waals surface area contributed by atoms with E-state index in [0.717, 1.165) is 12.4 Å². The molecule has 1 atom stereocenters. The Morgan fingerprint density at radius 2 is 1.87 bits per heavy atom. The van der Waals surface area contributed by atoms with Crippen molar-refractivity contribution in [2.45, 2.75) is 71.9 Å². The Hall–Kier alpha value is -0.780. The van der Waals surface area contributed by atoms with E-state index in [4.69, 9.17) is 0 Å². The van der Waals surface area contributed by atoms with Gasteiger partial charge >= 0.3 is 0 Å². The summed E-state index contributed by atoms with van der Waals surface area (Å²) in [4.78, 5) is 4.67. The minimum Gasteiger partial charge on any atom is -0.354 e. The van der Waals surface area contributed by atoms with Crippen LogP contribution in [0.2, 0.25) is 0 Å². The Morgan fingerprint density at radius 1 is 1.22 bits per heavy atom. The summed E-state index contributed by atoms with van der Waals surface area (Å²) >= 11 is 0. The van der Waals surface area contributed by atoms with Gasteiger partial charge in [0.25, 0.3) is 0 Å². The third kappa shape index (κ3) is 6.32. The highest BCUT2D eigenvalue weighted by molar-refractivity contribution is 7.91. The zero-order chi connectivity index (χ0) is 17.1. The maximum Gasteiger partial charge on any atom is 0.191 e. The Bertz CT molecular complexity index is 516. The van der Waals surface area contributed by atoms with E-state index in [1.165, 1.54) is 25.7 Å². The van der Waals surface area contributed by atoms with Crippen molar-refractivity contribution in [3.05, 3.63) is 0 Å². The van der Waals surface area contributed by atoms with Crippen LogP contribution >= 0.6 is 0 Å². The fourth-order valence-electron chi connectivity index (χ4n) is 3.38. The smallest absolute Gasteiger partial charge is 0.191 e. The molecule has 0 aromatic heterocycles. The number of rotatable bonds is 4. The Morgan fingerprint density at radius 3 is 2.39 bits per heavy atom. The molecule has 2 N–H and O–H groups in total. The van der Waals surface area contributed by atoms with Crippen LogP contribution in [0.5, 0.6) is 0 Å². The second kappa shape index (κ2) is 7.41. The molecule has 23 heavy (non-hydrogen) atoms. The number of sulfone groups is 1. The van der Waals surface area contributed by atoms with Gasteiger partial charge in [-0.25, -0.2) is 8.42 Å². The van der Waals surface area contributed by atoms with E-state index in [-0.39, 0.29) is 5.92 Å². The highest BCUT2D eigenvalue weighted by Gasteiger charge is 2.29. The van der Waals surface area contributed by atoms with E-state index in [2.05, 4.69) is 43.3 Å². The molecule has 2 rings (SSSR count).